The van der Waals surface area contributed by atoms with E-state index in [0.717, 1.165) is 22.4 Å². The molecule has 0 spiro atoms. The third kappa shape index (κ3) is 3.40. The number of para-hydroxylation sites is 2. The Morgan fingerprint density at radius 2 is 1.83 bits per heavy atom. The summed E-state index contributed by atoms with van der Waals surface area (Å²) in [6, 6.07) is 13.3. The topological polar surface area (TPSA) is 46.9 Å². The molecule has 4 nitrogen and oxygen atoms in total. The van der Waals surface area contributed by atoms with Gasteiger partial charge in [-0.15, -0.1) is 0 Å². The Kier molecular flexibility index (Phi) is 5.07. The Balaban J connectivity index is 2.02. The number of nitrogens with one attached hydrogen (secondary N) is 1. The van der Waals surface area contributed by atoms with Gasteiger partial charge in [-0.25, -0.2) is 4.98 Å². The van der Waals surface area contributed by atoms with Crippen LogP contribution in [0.15, 0.2) is 42.5 Å². The summed E-state index contributed by atoms with van der Waals surface area (Å²) in [6.45, 7) is 2.68. The Bertz CT molecular complexity index is 869. The molecule has 2 aromatic carbocycles. The molecule has 3 aromatic rings. The van der Waals surface area contributed by atoms with Crippen molar-refractivity contribution < 1.29 is 4.79 Å². The maximum absolute atomic E-state index is 11.6. The molecule has 24 heavy (non-hydrogen) atoms. The molecular weight excluding hydrogens is 345 g/mol. The minimum Gasteiger partial charge on any atom is -0.349 e. The van der Waals surface area contributed by atoms with Gasteiger partial charge < -0.3 is 9.88 Å². The lowest BCUT2D eigenvalue weighted by molar-refractivity contribution is -0.120. The van der Waals surface area contributed by atoms with E-state index in [1.807, 2.05) is 54.0 Å². The van der Waals surface area contributed by atoms with Gasteiger partial charge in [0.25, 0.3) is 0 Å². The first kappa shape index (κ1) is 16.8. The fraction of sp³-hybridized carbons (Fsp3) is 0.222. The van der Waals surface area contributed by atoms with Crippen LogP contribution in [0, 0.1) is 0 Å². The zero-order valence-corrected chi connectivity index (χ0v) is 14.7. The van der Waals surface area contributed by atoms with Gasteiger partial charge >= 0.3 is 0 Å². The Morgan fingerprint density at radius 1 is 1.12 bits per heavy atom. The molecule has 0 aliphatic heterocycles. The normalized spacial score (nSPS) is 11.0. The van der Waals surface area contributed by atoms with Crippen molar-refractivity contribution in [2.45, 2.75) is 26.4 Å². The van der Waals surface area contributed by atoms with E-state index in [-0.39, 0.29) is 5.91 Å². The summed E-state index contributed by atoms with van der Waals surface area (Å²) < 4.78 is 2.04. The summed E-state index contributed by atoms with van der Waals surface area (Å²) >= 11 is 12.6. The van der Waals surface area contributed by atoms with Gasteiger partial charge in [-0.05, 0) is 24.3 Å². The number of carbonyl (C=O) groups excluding carboxylic acids is 1. The highest BCUT2D eigenvalue weighted by Gasteiger charge is 2.14. The lowest BCUT2D eigenvalue weighted by atomic mass is 10.2. The molecule has 0 saturated heterocycles. The van der Waals surface area contributed by atoms with Crippen LogP contribution in [0.25, 0.3) is 11.0 Å². The van der Waals surface area contributed by atoms with Crippen LogP contribution in [0.3, 0.4) is 0 Å². The molecular formula is C18H17Cl2N3O. The number of hydrogen-bond donors (Lipinski definition) is 1. The summed E-state index contributed by atoms with van der Waals surface area (Å²) in [6.07, 6.45) is 0.441. The molecule has 0 aliphatic rings. The summed E-state index contributed by atoms with van der Waals surface area (Å²) in [5.74, 6) is 0.762. The van der Waals surface area contributed by atoms with Gasteiger partial charge in [0.2, 0.25) is 5.91 Å². The van der Waals surface area contributed by atoms with Crippen LogP contribution in [-0.4, -0.2) is 15.5 Å². The van der Waals surface area contributed by atoms with Gasteiger partial charge in [-0.2, -0.15) is 0 Å². The van der Waals surface area contributed by atoms with Gasteiger partial charge in [0, 0.05) is 22.0 Å². The standard InChI is InChI=1S/C18H17Cl2N3O/c1-2-18(24)21-10-17-22-15-8-3-4-9-16(15)23(17)11-12-13(19)6-5-7-14(12)20/h3-9H,2,10-11H2,1H3,(H,21,24). The highest BCUT2D eigenvalue weighted by Crippen LogP contribution is 2.27. The lowest BCUT2D eigenvalue weighted by Crippen LogP contribution is -2.23. The molecule has 6 heteroatoms. The molecule has 1 amide bonds. The number of halogens is 2. The maximum Gasteiger partial charge on any atom is 0.220 e. The average molecular weight is 362 g/mol. The van der Waals surface area contributed by atoms with Crippen molar-refractivity contribution in [1.82, 2.24) is 14.9 Å². The third-order valence-corrected chi connectivity index (χ3v) is 4.58. The van der Waals surface area contributed by atoms with E-state index in [9.17, 15) is 4.79 Å². The van der Waals surface area contributed by atoms with E-state index in [0.29, 0.717) is 29.6 Å². The van der Waals surface area contributed by atoms with E-state index in [1.54, 1.807) is 0 Å². The molecule has 1 N–H and O–H groups in total. The van der Waals surface area contributed by atoms with Crippen molar-refractivity contribution in [2.75, 3.05) is 0 Å². The first-order chi connectivity index (χ1) is 11.6. The molecule has 0 unspecified atom stereocenters. The fourth-order valence-corrected chi connectivity index (χ4v) is 3.10. The van der Waals surface area contributed by atoms with Gasteiger partial charge in [0.15, 0.2) is 0 Å². The summed E-state index contributed by atoms with van der Waals surface area (Å²) in [5.41, 5.74) is 2.70. The maximum atomic E-state index is 11.6. The van der Waals surface area contributed by atoms with Crippen molar-refractivity contribution in [3.63, 3.8) is 0 Å². The second-order valence-corrected chi connectivity index (χ2v) is 6.25. The van der Waals surface area contributed by atoms with Crippen LogP contribution in [0.2, 0.25) is 10.0 Å². The summed E-state index contributed by atoms with van der Waals surface area (Å²) in [7, 11) is 0. The Morgan fingerprint density at radius 3 is 2.54 bits per heavy atom. The van der Waals surface area contributed by atoms with Crippen LogP contribution in [0.5, 0.6) is 0 Å². The van der Waals surface area contributed by atoms with Gasteiger partial charge in [-0.3, -0.25) is 4.79 Å². The number of carbonyl (C=O) groups is 1. The van der Waals surface area contributed by atoms with E-state index < -0.39 is 0 Å². The van der Waals surface area contributed by atoms with E-state index in [4.69, 9.17) is 23.2 Å². The highest BCUT2D eigenvalue weighted by molar-refractivity contribution is 6.36. The highest BCUT2D eigenvalue weighted by atomic mass is 35.5. The number of amides is 1. The number of benzene rings is 2. The smallest absolute Gasteiger partial charge is 0.220 e. The predicted molar refractivity (Wildman–Crippen MR) is 97.4 cm³/mol. The molecule has 0 saturated carbocycles. The molecule has 0 bridgehead atoms. The van der Waals surface area contributed by atoms with Gasteiger partial charge in [0.1, 0.15) is 5.82 Å². The minimum atomic E-state index is -0.00983. The first-order valence-corrected chi connectivity index (χ1v) is 8.49. The number of imidazole rings is 1. The number of hydrogen-bond acceptors (Lipinski definition) is 2. The monoisotopic (exact) mass is 361 g/mol. The number of fused-ring (bicyclic) bond motifs is 1. The molecule has 1 heterocycles. The molecule has 0 atom stereocenters. The molecule has 0 radical (unpaired) electrons. The number of nitrogens with zero attached hydrogens (tertiary/aromatic N) is 2. The lowest BCUT2D eigenvalue weighted by Gasteiger charge is -2.12. The Hall–Kier alpha value is -2.04. The van der Waals surface area contributed by atoms with Crippen molar-refractivity contribution >= 4 is 40.1 Å². The van der Waals surface area contributed by atoms with E-state index in [1.165, 1.54) is 0 Å². The largest absolute Gasteiger partial charge is 0.349 e. The second-order valence-electron chi connectivity index (χ2n) is 5.43. The zero-order valence-electron chi connectivity index (χ0n) is 13.2. The van der Waals surface area contributed by atoms with E-state index in [2.05, 4.69) is 10.3 Å². The summed E-state index contributed by atoms with van der Waals surface area (Å²) in [4.78, 5) is 16.2. The molecule has 0 aliphatic carbocycles. The van der Waals surface area contributed by atoms with Crippen molar-refractivity contribution in [3.05, 3.63) is 63.9 Å². The van der Waals surface area contributed by atoms with Gasteiger partial charge in [-0.1, -0.05) is 48.3 Å². The van der Waals surface area contributed by atoms with Crippen LogP contribution in [-0.2, 0) is 17.9 Å². The molecule has 0 fully saturated rings. The SMILES string of the molecule is CCC(=O)NCc1nc2ccccc2n1Cc1c(Cl)cccc1Cl. The first-order valence-electron chi connectivity index (χ1n) is 7.74. The van der Waals surface area contributed by atoms with Crippen molar-refractivity contribution in [2.24, 2.45) is 0 Å². The fourth-order valence-electron chi connectivity index (χ4n) is 2.58. The second kappa shape index (κ2) is 7.24. The minimum absolute atomic E-state index is 0.00983. The van der Waals surface area contributed by atoms with Crippen LogP contribution < -0.4 is 5.32 Å². The van der Waals surface area contributed by atoms with Crippen LogP contribution in [0.4, 0.5) is 0 Å². The molecule has 1 aromatic heterocycles. The quantitative estimate of drug-likeness (QED) is 0.731. The molecule has 124 valence electrons. The molecule has 3 rings (SSSR count). The van der Waals surface area contributed by atoms with Crippen molar-refractivity contribution in [3.8, 4) is 0 Å². The van der Waals surface area contributed by atoms with Crippen LogP contribution >= 0.6 is 23.2 Å². The number of aromatic nitrogens is 2. The van der Waals surface area contributed by atoms with Crippen molar-refractivity contribution in [1.29, 1.82) is 0 Å². The van der Waals surface area contributed by atoms with E-state index >= 15 is 0 Å². The predicted octanol–water partition coefficient (Wildman–Crippen LogP) is 4.42. The zero-order chi connectivity index (χ0) is 17.1. The number of rotatable bonds is 5. The van der Waals surface area contributed by atoms with Crippen LogP contribution in [0.1, 0.15) is 24.7 Å². The van der Waals surface area contributed by atoms with Gasteiger partial charge in [0.05, 0.1) is 24.1 Å². The average Bonchev–Trinajstić information content (AvgIpc) is 2.93. The summed E-state index contributed by atoms with van der Waals surface area (Å²) in [5, 5.41) is 4.11. The Labute approximate surface area is 150 Å². The third-order valence-electron chi connectivity index (χ3n) is 3.88.